The van der Waals surface area contributed by atoms with Crippen molar-refractivity contribution in [3.8, 4) is 0 Å². The smallest absolute Gasteiger partial charge is 0.407 e. The van der Waals surface area contributed by atoms with Gasteiger partial charge in [-0.3, -0.25) is 33.8 Å². The van der Waals surface area contributed by atoms with Crippen molar-refractivity contribution in [2.24, 2.45) is 0 Å². The molecule has 1 atom stereocenters. The molecule has 5 aromatic rings. The number of carbonyl (C=O) groups is 6. The summed E-state index contributed by atoms with van der Waals surface area (Å²) in [5.41, 5.74) is 3.89. The molecule has 5 aromatic carbocycles. The van der Waals surface area contributed by atoms with Crippen LogP contribution < -0.4 is 10.6 Å². The van der Waals surface area contributed by atoms with Gasteiger partial charge in [0.15, 0.2) is 0 Å². The third kappa shape index (κ3) is 21.0. The Morgan fingerprint density at radius 3 is 1.12 bits per heavy atom. The predicted octanol–water partition coefficient (Wildman–Crippen LogP) is 6.15. The highest BCUT2D eigenvalue weighted by molar-refractivity contribution is 5.77. The van der Waals surface area contributed by atoms with Gasteiger partial charge in [0.1, 0.15) is 33.0 Å². The Hall–Kier alpha value is -7.36. The minimum Gasteiger partial charge on any atom is -0.460 e. The number of rotatable bonds is 28. The van der Waals surface area contributed by atoms with Crippen LogP contribution in [0.25, 0.3) is 0 Å². The van der Waals surface area contributed by atoms with Crippen molar-refractivity contribution in [3.05, 3.63) is 179 Å². The molecule has 0 aliphatic carbocycles. The normalized spacial score (nSPS) is 11.3. The molecular formula is C52H58N4O11. The largest absolute Gasteiger partial charge is 0.460 e. The van der Waals surface area contributed by atoms with E-state index in [0.717, 1.165) is 27.8 Å². The van der Waals surface area contributed by atoms with Crippen LogP contribution in [0.3, 0.4) is 0 Å². The minimum absolute atomic E-state index is 0.00735. The highest BCUT2D eigenvalue weighted by Crippen LogP contribution is 2.14. The Morgan fingerprint density at radius 1 is 0.418 bits per heavy atom. The lowest BCUT2D eigenvalue weighted by Gasteiger charge is -2.34. The van der Waals surface area contributed by atoms with E-state index in [9.17, 15) is 28.8 Å². The van der Waals surface area contributed by atoms with Crippen molar-refractivity contribution in [2.75, 3.05) is 45.8 Å². The van der Waals surface area contributed by atoms with E-state index in [1.54, 1.807) is 0 Å². The fourth-order valence-corrected chi connectivity index (χ4v) is 6.68. The molecule has 2 amide bonds. The zero-order chi connectivity index (χ0) is 47.3. The molecule has 0 bridgehead atoms. The van der Waals surface area contributed by atoms with Gasteiger partial charge in [0.05, 0.1) is 26.2 Å². The van der Waals surface area contributed by atoms with Gasteiger partial charge < -0.3 is 34.3 Å². The van der Waals surface area contributed by atoms with Gasteiger partial charge in [-0.15, -0.1) is 0 Å². The molecule has 2 N–H and O–H groups in total. The summed E-state index contributed by atoms with van der Waals surface area (Å²) in [7, 11) is 0. The van der Waals surface area contributed by atoms with Gasteiger partial charge in [0.25, 0.3) is 0 Å². The summed E-state index contributed by atoms with van der Waals surface area (Å²) in [5.74, 6) is -2.92. The summed E-state index contributed by atoms with van der Waals surface area (Å²) >= 11 is 0. The molecule has 15 nitrogen and oxygen atoms in total. The van der Waals surface area contributed by atoms with Crippen LogP contribution in [0, 0.1) is 0 Å². The van der Waals surface area contributed by atoms with Gasteiger partial charge in [-0.05, 0) is 40.7 Å². The topological polar surface area (TPSA) is 179 Å². The average Bonchev–Trinajstić information content (AvgIpc) is 3.35. The van der Waals surface area contributed by atoms with E-state index in [1.807, 2.05) is 152 Å². The van der Waals surface area contributed by atoms with Gasteiger partial charge in [-0.25, -0.2) is 4.79 Å². The van der Waals surface area contributed by atoms with E-state index in [4.69, 9.17) is 23.7 Å². The first-order valence-electron chi connectivity index (χ1n) is 22.1. The molecule has 0 heterocycles. The number of alkyl carbamates (subject to hydrolysis) is 1. The molecule has 352 valence electrons. The first kappa shape index (κ1) is 50.6. The van der Waals surface area contributed by atoms with Gasteiger partial charge in [0.2, 0.25) is 5.91 Å². The molecular weight excluding hydrogens is 857 g/mol. The number of esters is 4. The first-order chi connectivity index (χ1) is 32.7. The van der Waals surface area contributed by atoms with Crippen LogP contribution in [-0.2, 0) is 80.7 Å². The van der Waals surface area contributed by atoms with Crippen molar-refractivity contribution in [1.29, 1.82) is 0 Å². The second kappa shape index (κ2) is 29.2. The molecule has 5 rings (SSSR count). The van der Waals surface area contributed by atoms with Crippen molar-refractivity contribution in [2.45, 2.75) is 58.3 Å². The Balaban J connectivity index is 1.30. The fourth-order valence-electron chi connectivity index (χ4n) is 6.68. The lowest BCUT2D eigenvalue weighted by Crippen LogP contribution is -2.51. The van der Waals surface area contributed by atoms with Crippen LogP contribution in [-0.4, -0.2) is 97.5 Å². The second-order valence-corrected chi connectivity index (χ2v) is 15.5. The number of benzene rings is 5. The molecule has 0 aliphatic heterocycles. The predicted molar refractivity (Wildman–Crippen MR) is 248 cm³/mol. The van der Waals surface area contributed by atoms with E-state index in [-0.39, 0.29) is 84.5 Å². The van der Waals surface area contributed by atoms with Crippen LogP contribution in [0.2, 0.25) is 0 Å². The maximum atomic E-state index is 13.6. The molecule has 0 aliphatic rings. The Morgan fingerprint density at radius 2 is 0.746 bits per heavy atom. The van der Waals surface area contributed by atoms with E-state index in [1.165, 1.54) is 9.80 Å². The molecule has 0 radical (unpaired) electrons. The molecule has 0 spiro atoms. The highest BCUT2D eigenvalue weighted by Gasteiger charge is 2.29. The molecule has 0 fully saturated rings. The lowest BCUT2D eigenvalue weighted by atomic mass is 10.1. The summed E-state index contributed by atoms with van der Waals surface area (Å²) in [4.78, 5) is 82.7. The quantitative estimate of drug-likeness (QED) is 0.0332. The standard InChI is InChI=1S/C52H58N4O11/c57-47(53-29-16-30-54-52(62)67-40-45-25-14-5-15-26-45)28-27-46(56(34-50(60)65-38-43-21-10-3-11-22-43)35-51(61)66-39-44-23-12-4-13-24-44)31-55(32-48(58)63-36-41-17-6-1-7-18-41)33-49(59)64-37-42-19-8-2-9-20-42/h1-15,17-26,46H,16,27-40H2,(H,53,57)(H,54,62). The number of carbonyl (C=O) groups excluding carboxylic acids is 6. The molecule has 1 unspecified atom stereocenters. The number of amides is 2. The van der Waals surface area contributed by atoms with Crippen LogP contribution in [0.4, 0.5) is 4.79 Å². The van der Waals surface area contributed by atoms with Gasteiger partial charge in [-0.2, -0.15) is 0 Å². The summed E-state index contributed by atoms with van der Waals surface area (Å²) in [6.45, 7) is -1.04. The van der Waals surface area contributed by atoms with Gasteiger partial charge >= 0.3 is 30.0 Å². The summed E-state index contributed by atoms with van der Waals surface area (Å²) in [5, 5.41) is 5.53. The van der Waals surface area contributed by atoms with Gasteiger partial charge in [0, 0.05) is 32.1 Å². The molecule has 0 saturated carbocycles. The molecule has 0 saturated heterocycles. The number of nitrogens with one attached hydrogen (secondary N) is 2. The second-order valence-electron chi connectivity index (χ2n) is 15.5. The number of ether oxygens (including phenoxy) is 5. The van der Waals surface area contributed by atoms with Crippen molar-refractivity contribution >= 4 is 35.9 Å². The summed E-state index contributed by atoms with van der Waals surface area (Å²) in [6.07, 6.45) is -0.175. The van der Waals surface area contributed by atoms with Crippen molar-refractivity contribution < 1.29 is 52.5 Å². The van der Waals surface area contributed by atoms with Crippen LogP contribution in [0.15, 0.2) is 152 Å². The van der Waals surface area contributed by atoms with Crippen molar-refractivity contribution in [1.82, 2.24) is 20.4 Å². The van der Waals surface area contributed by atoms with E-state index in [0.29, 0.717) is 6.42 Å². The zero-order valence-electron chi connectivity index (χ0n) is 37.5. The lowest BCUT2D eigenvalue weighted by molar-refractivity contribution is -0.154. The summed E-state index contributed by atoms with van der Waals surface area (Å²) in [6, 6.07) is 44.9. The van der Waals surface area contributed by atoms with Crippen LogP contribution in [0.1, 0.15) is 47.1 Å². The summed E-state index contributed by atoms with van der Waals surface area (Å²) < 4.78 is 27.8. The maximum absolute atomic E-state index is 13.6. The van der Waals surface area contributed by atoms with E-state index in [2.05, 4.69) is 10.6 Å². The van der Waals surface area contributed by atoms with Gasteiger partial charge in [-0.1, -0.05) is 152 Å². The minimum atomic E-state index is -0.802. The van der Waals surface area contributed by atoms with E-state index < -0.39 is 49.1 Å². The fraction of sp³-hybridized carbons (Fsp3) is 0.308. The first-order valence-corrected chi connectivity index (χ1v) is 22.1. The number of nitrogens with zero attached hydrogens (tertiary/aromatic N) is 2. The third-order valence-electron chi connectivity index (χ3n) is 10.2. The number of hydrogen-bond donors (Lipinski definition) is 2. The number of hydrogen-bond acceptors (Lipinski definition) is 13. The Labute approximate surface area is 391 Å². The van der Waals surface area contributed by atoms with Crippen molar-refractivity contribution in [3.63, 3.8) is 0 Å². The van der Waals surface area contributed by atoms with E-state index >= 15 is 0 Å². The van der Waals surface area contributed by atoms with Crippen LogP contribution >= 0.6 is 0 Å². The molecule has 15 heteroatoms. The Bertz CT molecular complexity index is 2140. The maximum Gasteiger partial charge on any atom is 0.407 e. The van der Waals surface area contributed by atoms with Crippen LogP contribution in [0.5, 0.6) is 0 Å². The zero-order valence-corrected chi connectivity index (χ0v) is 37.5. The molecule has 0 aromatic heterocycles. The highest BCUT2D eigenvalue weighted by atomic mass is 16.6. The molecule has 67 heavy (non-hydrogen) atoms. The SMILES string of the molecule is O=C(CCC(CN(CC(=O)OCc1ccccc1)CC(=O)OCc1ccccc1)N(CC(=O)OCc1ccccc1)CC(=O)OCc1ccccc1)NCCCNC(=O)OCc1ccccc1. The third-order valence-corrected chi connectivity index (χ3v) is 10.2. The Kier molecular flexibility index (Phi) is 22.1. The monoisotopic (exact) mass is 914 g/mol. The average molecular weight is 915 g/mol.